The molecule has 1 aromatic rings. The lowest BCUT2D eigenvalue weighted by atomic mass is 10.0. The van der Waals surface area contributed by atoms with Crippen molar-refractivity contribution in [3.8, 4) is 0 Å². The lowest BCUT2D eigenvalue weighted by molar-refractivity contribution is -0.131. The summed E-state index contributed by atoms with van der Waals surface area (Å²) in [6, 6.07) is 9.59. The smallest absolute Gasteiger partial charge is 0.306 e. The summed E-state index contributed by atoms with van der Waals surface area (Å²) in [5.74, 6) is -1.63. The summed E-state index contributed by atoms with van der Waals surface area (Å²) < 4.78 is 0.753. The van der Waals surface area contributed by atoms with E-state index >= 15 is 0 Å². The van der Waals surface area contributed by atoms with Gasteiger partial charge in [0, 0.05) is 0 Å². The number of rotatable bonds is 3. The topological polar surface area (TPSA) is 57.6 Å². The molecule has 0 fully saturated rings. The van der Waals surface area contributed by atoms with Gasteiger partial charge in [-0.05, 0) is 18.4 Å². The number of imide groups is 1. The van der Waals surface area contributed by atoms with Crippen molar-refractivity contribution in [1.82, 2.24) is 3.93 Å². The molecule has 1 N–H and O–H groups in total. The number of nitrogens with zero attached hydrogens (tertiary/aromatic N) is 1. The van der Waals surface area contributed by atoms with Crippen LogP contribution < -0.4 is 0 Å². The second-order valence-corrected chi connectivity index (χ2v) is 4.41. The summed E-state index contributed by atoms with van der Waals surface area (Å²) in [5, 5.41) is 9.51. The Labute approximate surface area is 130 Å². The van der Waals surface area contributed by atoms with E-state index < -0.39 is 17.6 Å². The zero-order valence-electron chi connectivity index (χ0n) is 9.30. The molecule has 6 heteroatoms. The number of carbonyl (C=O) groups excluding carboxylic acids is 2. The number of hydrogen-bond acceptors (Lipinski definition) is 3. The van der Waals surface area contributed by atoms with Crippen molar-refractivity contribution in [2.24, 2.45) is 0 Å². The Morgan fingerprint density at radius 1 is 1.06 bits per heavy atom. The minimum atomic E-state index is -0.696. The number of carbonyl (C=O) groups is 2. The van der Waals surface area contributed by atoms with Crippen LogP contribution in [0.25, 0.3) is 0 Å². The van der Waals surface area contributed by atoms with Crippen LogP contribution >= 0.6 is 40.1 Å². The Hall–Kier alpha value is -0.890. The number of aryl methyl sites for hydroxylation is 1. The van der Waals surface area contributed by atoms with Crippen LogP contribution in [0.1, 0.15) is 12.0 Å². The lowest BCUT2D eigenvalue weighted by Gasteiger charge is -2.03. The highest BCUT2D eigenvalue weighted by Gasteiger charge is 2.36. The van der Waals surface area contributed by atoms with Crippen LogP contribution in [0.15, 0.2) is 41.7 Å². The van der Waals surface area contributed by atoms with Gasteiger partial charge in [-0.3, -0.25) is 9.59 Å². The van der Waals surface area contributed by atoms with Gasteiger partial charge in [0.05, 0.1) is 21.7 Å². The van der Waals surface area contributed by atoms with Gasteiger partial charge in [0.2, 0.25) is 0 Å². The predicted molar refractivity (Wildman–Crippen MR) is 80.6 cm³/mol. The molecule has 0 spiro atoms. The van der Waals surface area contributed by atoms with E-state index in [1.165, 1.54) is 0 Å². The minimum Gasteiger partial charge on any atom is -0.503 e. The Bertz CT molecular complexity index is 501. The van der Waals surface area contributed by atoms with Crippen LogP contribution in [0.2, 0.25) is 0 Å². The first-order valence-corrected chi connectivity index (χ1v) is 5.83. The standard InChI is InChI=1S/C12H10BrNO3.HI/c13-14-11(16)9(10(15)12(14)17)7-6-8-4-2-1-3-5-8;/h1-5,15H,6-7H2;1H. The molecule has 0 bridgehead atoms. The summed E-state index contributed by atoms with van der Waals surface area (Å²) in [6.07, 6.45) is 0.961. The van der Waals surface area contributed by atoms with E-state index in [2.05, 4.69) is 16.1 Å². The Balaban J connectivity index is 0.00000162. The molecular formula is C12H11BrINO3. The maximum Gasteiger partial charge on any atom is 0.306 e. The van der Waals surface area contributed by atoms with Crippen molar-refractivity contribution >= 4 is 51.9 Å². The molecule has 96 valence electrons. The maximum atomic E-state index is 11.6. The zero-order chi connectivity index (χ0) is 12.4. The average Bonchev–Trinajstić information content (AvgIpc) is 2.54. The van der Waals surface area contributed by atoms with Crippen LogP contribution in [0.5, 0.6) is 0 Å². The molecule has 0 saturated heterocycles. The summed E-state index contributed by atoms with van der Waals surface area (Å²) >= 11 is 2.81. The van der Waals surface area contributed by atoms with Gasteiger partial charge in [-0.25, -0.2) is 3.93 Å². The number of benzene rings is 1. The molecule has 1 heterocycles. The van der Waals surface area contributed by atoms with Gasteiger partial charge in [-0.1, -0.05) is 30.3 Å². The van der Waals surface area contributed by atoms with Crippen molar-refractivity contribution in [3.05, 3.63) is 47.2 Å². The summed E-state index contributed by atoms with van der Waals surface area (Å²) in [6.45, 7) is 0. The second-order valence-electron chi connectivity index (χ2n) is 3.70. The number of aliphatic hydroxyl groups is 1. The number of aliphatic hydroxyl groups excluding tert-OH is 1. The van der Waals surface area contributed by atoms with Crippen LogP contribution in [-0.2, 0) is 16.0 Å². The van der Waals surface area contributed by atoms with Crippen LogP contribution in [0.3, 0.4) is 0 Å². The fraction of sp³-hybridized carbons (Fsp3) is 0.167. The van der Waals surface area contributed by atoms with Gasteiger partial charge in [0.15, 0.2) is 5.76 Å². The minimum absolute atomic E-state index is 0. The zero-order valence-corrected chi connectivity index (χ0v) is 13.2. The van der Waals surface area contributed by atoms with E-state index in [9.17, 15) is 14.7 Å². The monoisotopic (exact) mass is 423 g/mol. The predicted octanol–water partition coefficient (Wildman–Crippen LogP) is 2.73. The van der Waals surface area contributed by atoms with Gasteiger partial charge in [0.1, 0.15) is 0 Å². The number of halogens is 2. The lowest BCUT2D eigenvalue weighted by Crippen LogP contribution is -2.20. The molecule has 0 unspecified atom stereocenters. The van der Waals surface area contributed by atoms with Gasteiger partial charge >= 0.3 is 5.91 Å². The molecule has 0 radical (unpaired) electrons. The van der Waals surface area contributed by atoms with E-state index in [0.29, 0.717) is 12.8 Å². The molecule has 1 aliphatic rings. The molecule has 0 saturated carbocycles. The molecule has 0 aliphatic carbocycles. The highest BCUT2D eigenvalue weighted by molar-refractivity contribution is 14.0. The number of amides is 2. The van der Waals surface area contributed by atoms with Gasteiger partial charge in [-0.15, -0.1) is 24.0 Å². The summed E-state index contributed by atoms with van der Waals surface area (Å²) in [5.41, 5.74) is 1.22. The third-order valence-electron chi connectivity index (χ3n) is 2.61. The van der Waals surface area contributed by atoms with Crippen LogP contribution in [-0.4, -0.2) is 20.8 Å². The molecule has 1 aromatic carbocycles. The van der Waals surface area contributed by atoms with E-state index in [1.54, 1.807) is 0 Å². The molecule has 18 heavy (non-hydrogen) atoms. The molecule has 2 rings (SSSR count). The second kappa shape index (κ2) is 6.33. The largest absolute Gasteiger partial charge is 0.503 e. The first-order chi connectivity index (χ1) is 8.11. The van der Waals surface area contributed by atoms with Gasteiger partial charge in [0.25, 0.3) is 5.91 Å². The molecule has 0 atom stereocenters. The Morgan fingerprint density at radius 3 is 2.17 bits per heavy atom. The fourth-order valence-electron chi connectivity index (χ4n) is 1.67. The quantitative estimate of drug-likeness (QED) is 0.462. The Morgan fingerprint density at radius 2 is 1.67 bits per heavy atom. The van der Waals surface area contributed by atoms with Gasteiger partial charge in [-0.2, -0.15) is 0 Å². The highest BCUT2D eigenvalue weighted by atomic mass is 127. The van der Waals surface area contributed by atoms with E-state index in [0.717, 1.165) is 9.49 Å². The SMILES string of the molecule is I.O=C1C(O)=C(CCc2ccccc2)C(=O)N1Br. The summed E-state index contributed by atoms with van der Waals surface area (Å²) in [7, 11) is 0. The van der Waals surface area contributed by atoms with Crippen LogP contribution in [0.4, 0.5) is 0 Å². The Kier molecular flexibility index (Phi) is 5.33. The molecule has 0 aromatic heterocycles. The first kappa shape index (κ1) is 15.2. The maximum absolute atomic E-state index is 11.6. The summed E-state index contributed by atoms with van der Waals surface area (Å²) in [4.78, 5) is 22.9. The van der Waals surface area contributed by atoms with Crippen molar-refractivity contribution in [3.63, 3.8) is 0 Å². The molecular weight excluding hydrogens is 413 g/mol. The first-order valence-electron chi connectivity index (χ1n) is 5.12. The molecule has 4 nitrogen and oxygen atoms in total. The van der Waals surface area contributed by atoms with Crippen molar-refractivity contribution in [2.45, 2.75) is 12.8 Å². The molecule has 1 aliphatic heterocycles. The van der Waals surface area contributed by atoms with Gasteiger partial charge < -0.3 is 5.11 Å². The van der Waals surface area contributed by atoms with Crippen molar-refractivity contribution in [2.75, 3.05) is 0 Å². The number of hydrogen-bond donors (Lipinski definition) is 1. The van der Waals surface area contributed by atoms with E-state index in [4.69, 9.17) is 0 Å². The fourth-order valence-corrected chi connectivity index (χ4v) is 2.06. The van der Waals surface area contributed by atoms with Crippen LogP contribution in [0, 0.1) is 0 Å². The highest BCUT2D eigenvalue weighted by Crippen LogP contribution is 2.25. The third kappa shape index (κ3) is 2.92. The average molecular weight is 424 g/mol. The van der Waals surface area contributed by atoms with Crippen molar-refractivity contribution < 1.29 is 14.7 Å². The van der Waals surface area contributed by atoms with Crippen molar-refractivity contribution in [1.29, 1.82) is 0 Å². The molecule has 2 amide bonds. The van der Waals surface area contributed by atoms with E-state index in [1.807, 2.05) is 30.3 Å². The third-order valence-corrected chi connectivity index (χ3v) is 3.25. The van der Waals surface area contributed by atoms with E-state index in [-0.39, 0.29) is 29.5 Å². The normalized spacial score (nSPS) is 15.1.